The quantitative estimate of drug-likeness (QED) is 0.627. The molecule has 1 aromatic heterocycles. The molecule has 0 saturated carbocycles. The van der Waals surface area contributed by atoms with Gasteiger partial charge in [0.05, 0.1) is 37.5 Å². The molecule has 0 aliphatic heterocycles. The molecule has 2 N–H and O–H groups in total. The fourth-order valence-electron chi connectivity index (χ4n) is 3.06. The van der Waals surface area contributed by atoms with E-state index in [1.807, 2.05) is 18.2 Å². The molecule has 0 unspecified atom stereocenters. The van der Waals surface area contributed by atoms with E-state index in [2.05, 4.69) is 15.7 Å². The van der Waals surface area contributed by atoms with Crippen LogP contribution in [0.1, 0.15) is 28.5 Å². The van der Waals surface area contributed by atoms with Crippen LogP contribution in [-0.4, -0.2) is 35.8 Å². The number of hydrogen-bond donors (Lipinski definition) is 2. The number of rotatable bonds is 7. The minimum atomic E-state index is -0.229. The number of nitrogens with zero attached hydrogens (tertiary/aromatic N) is 2. The average molecular weight is 408 g/mol. The predicted molar refractivity (Wildman–Crippen MR) is 113 cm³/mol. The Labute approximate surface area is 174 Å². The molecule has 3 rings (SSSR count). The first-order valence-electron chi connectivity index (χ1n) is 9.35. The Hall–Kier alpha value is -3.81. The molecule has 3 aromatic rings. The van der Waals surface area contributed by atoms with E-state index in [4.69, 9.17) is 9.47 Å². The Kier molecular flexibility index (Phi) is 6.36. The van der Waals surface area contributed by atoms with Gasteiger partial charge < -0.3 is 20.1 Å². The molecule has 0 saturated heterocycles. The van der Waals surface area contributed by atoms with Crippen molar-refractivity contribution in [3.8, 4) is 17.2 Å². The zero-order chi connectivity index (χ0) is 21.7. The van der Waals surface area contributed by atoms with Crippen molar-refractivity contribution in [1.29, 1.82) is 0 Å². The lowest BCUT2D eigenvalue weighted by molar-refractivity contribution is -0.114. The number of aromatic nitrogens is 2. The van der Waals surface area contributed by atoms with Crippen LogP contribution in [0.5, 0.6) is 11.5 Å². The molecule has 8 nitrogen and oxygen atoms in total. The Balaban J connectivity index is 1.77. The van der Waals surface area contributed by atoms with Gasteiger partial charge in [0.25, 0.3) is 5.91 Å². The summed E-state index contributed by atoms with van der Waals surface area (Å²) >= 11 is 0. The highest BCUT2D eigenvalue weighted by Crippen LogP contribution is 2.30. The third-order valence-corrected chi connectivity index (χ3v) is 4.51. The van der Waals surface area contributed by atoms with Crippen molar-refractivity contribution < 1.29 is 19.1 Å². The molecule has 156 valence electrons. The van der Waals surface area contributed by atoms with Crippen molar-refractivity contribution in [2.75, 3.05) is 19.5 Å². The van der Waals surface area contributed by atoms with Crippen LogP contribution in [0.4, 0.5) is 5.69 Å². The SMILES string of the molecule is COc1cccc(CNC(=O)c2cccc(-n3cc(NC(C)=O)c(C)n3)c2)c1OC. The van der Waals surface area contributed by atoms with Crippen LogP contribution in [-0.2, 0) is 11.3 Å². The lowest BCUT2D eigenvalue weighted by Gasteiger charge is -2.13. The number of amides is 2. The Bertz CT molecular complexity index is 1070. The van der Waals surface area contributed by atoms with Crippen LogP contribution >= 0.6 is 0 Å². The van der Waals surface area contributed by atoms with Gasteiger partial charge in [-0.15, -0.1) is 0 Å². The summed E-state index contributed by atoms with van der Waals surface area (Å²) in [5.74, 6) is 0.799. The zero-order valence-electron chi connectivity index (χ0n) is 17.4. The first-order chi connectivity index (χ1) is 14.4. The summed E-state index contributed by atoms with van der Waals surface area (Å²) in [4.78, 5) is 24.0. The number of carbonyl (C=O) groups excluding carboxylic acids is 2. The van der Waals surface area contributed by atoms with Crippen molar-refractivity contribution in [3.63, 3.8) is 0 Å². The van der Waals surface area contributed by atoms with Gasteiger partial charge in [-0.25, -0.2) is 4.68 Å². The van der Waals surface area contributed by atoms with E-state index < -0.39 is 0 Å². The zero-order valence-corrected chi connectivity index (χ0v) is 17.4. The van der Waals surface area contributed by atoms with Crippen LogP contribution in [0.25, 0.3) is 5.69 Å². The Morgan fingerprint density at radius 1 is 1.10 bits per heavy atom. The first kappa shape index (κ1) is 20.9. The largest absolute Gasteiger partial charge is 0.493 e. The maximum atomic E-state index is 12.7. The van der Waals surface area contributed by atoms with Crippen LogP contribution in [0.2, 0.25) is 0 Å². The lowest BCUT2D eigenvalue weighted by Crippen LogP contribution is -2.23. The van der Waals surface area contributed by atoms with Gasteiger partial charge in [0.2, 0.25) is 5.91 Å². The fourth-order valence-corrected chi connectivity index (χ4v) is 3.06. The summed E-state index contributed by atoms with van der Waals surface area (Å²) in [5, 5.41) is 10.0. The topological polar surface area (TPSA) is 94.5 Å². The van der Waals surface area contributed by atoms with Gasteiger partial charge >= 0.3 is 0 Å². The second-order valence-corrected chi connectivity index (χ2v) is 6.64. The molecule has 0 atom stereocenters. The Morgan fingerprint density at radius 3 is 2.57 bits per heavy atom. The van der Waals surface area contributed by atoms with Crippen LogP contribution in [0, 0.1) is 6.92 Å². The summed E-state index contributed by atoms with van der Waals surface area (Å²) in [5.41, 5.74) is 3.32. The van der Waals surface area contributed by atoms with Crippen molar-refractivity contribution in [2.45, 2.75) is 20.4 Å². The third kappa shape index (κ3) is 4.60. The summed E-state index contributed by atoms with van der Waals surface area (Å²) in [6.45, 7) is 3.54. The average Bonchev–Trinajstić information content (AvgIpc) is 3.11. The maximum absolute atomic E-state index is 12.7. The van der Waals surface area contributed by atoms with Gasteiger partial charge in [0.15, 0.2) is 11.5 Å². The summed E-state index contributed by atoms with van der Waals surface area (Å²) in [7, 11) is 3.13. The summed E-state index contributed by atoms with van der Waals surface area (Å²) < 4.78 is 12.3. The number of para-hydroxylation sites is 1. The highest BCUT2D eigenvalue weighted by Gasteiger charge is 2.13. The second-order valence-electron chi connectivity index (χ2n) is 6.64. The molecule has 0 spiro atoms. The van der Waals surface area contributed by atoms with Gasteiger partial charge in [-0.05, 0) is 31.2 Å². The van der Waals surface area contributed by atoms with E-state index in [9.17, 15) is 9.59 Å². The van der Waals surface area contributed by atoms with E-state index in [1.165, 1.54) is 6.92 Å². The molecule has 0 aliphatic rings. The van der Waals surface area contributed by atoms with Crippen molar-refractivity contribution in [1.82, 2.24) is 15.1 Å². The van der Waals surface area contributed by atoms with E-state index in [-0.39, 0.29) is 18.4 Å². The van der Waals surface area contributed by atoms with Gasteiger partial charge in [-0.1, -0.05) is 18.2 Å². The molecule has 2 aromatic carbocycles. The highest BCUT2D eigenvalue weighted by molar-refractivity contribution is 5.94. The molecular formula is C22H24N4O4. The normalized spacial score (nSPS) is 10.4. The van der Waals surface area contributed by atoms with Crippen LogP contribution in [0.15, 0.2) is 48.7 Å². The third-order valence-electron chi connectivity index (χ3n) is 4.51. The lowest BCUT2D eigenvalue weighted by atomic mass is 10.1. The minimum Gasteiger partial charge on any atom is -0.493 e. The molecule has 0 bridgehead atoms. The smallest absolute Gasteiger partial charge is 0.251 e. The summed E-state index contributed by atoms with van der Waals surface area (Å²) in [6, 6.07) is 12.6. The van der Waals surface area contributed by atoms with Gasteiger partial charge in [-0.2, -0.15) is 5.10 Å². The van der Waals surface area contributed by atoms with Gasteiger partial charge in [-0.3, -0.25) is 9.59 Å². The van der Waals surface area contributed by atoms with Gasteiger partial charge in [0.1, 0.15) is 0 Å². The maximum Gasteiger partial charge on any atom is 0.251 e. The molecule has 0 fully saturated rings. The van der Waals surface area contributed by atoms with Crippen molar-refractivity contribution in [3.05, 3.63) is 65.5 Å². The molecular weight excluding hydrogens is 384 g/mol. The van der Waals surface area contributed by atoms with E-state index >= 15 is 0 Å². The Morgan fingerprint density at radius 2 is 1.87 bits per heavy atom. The predicted octanol–water partition coefficient (Wildman–Crippen LogP) is 3.09. The number of benzene rings is 2. The molecule has 1 heterocycles. The van der Waals surface area contributed by atoms with Crippen LogP contribution < -0.4 is 20.1 Å². The van der Waals surface area contributed by atoms with Crippen molar-refractivity contribution >= 4 is 17.5 Å². The monoisotopic (exact) mass is 408 g/mol. The number of methoxy groups -OCH3 is 2. The molecule has 0 radical (unpaired) electrons. The van der Waals surface area contributed by atoms with Crippen molar-refractivity contribution in [2.24, 2.45) is 0 Å². The number of hydrogen-bond acceptors (Lipinski definition) is 5. The standard InChI is InChI=1S/C22H24N4O4/c1-14-19(24-15(2)27)13-26(25-14)18-9-5-7-16(11-18)22(28)23-12-17-8-6-10-20(29-3)21(17)30-4/h5-11,13H,12H2,1-4H3,(H,23,28)(H,24,27). The van der Waals surface area contributed by atoms with E-state index in [1.54, 1.807) is 56.3 Å². The second kappa shape index (κ2) is 9.13. The molecule has 2 amide bonds. The van der Waals surface area contributed by atoms with Crippen LogP contribution in [0.3, 0.4) is 0 Å². The number of nitrogens with one attached hydrogen (secondary N) is 2. The summed E-state index contributed by atoms with van der Waals surface area (Å²) in [6.07, 6.45) is 1.72. The number of anilines is 1. The minimum absolute atomic E-state index is 0.168. The first-order valence-corrected chi connectivity index (χ1v) is 9.35. The number of ether oxygens (including phenoxy) is 2. The van der Waals surface area contributed by atoms with Gasteiger partial charge in [0, 0.05) is 24.6 Å². The van der Waals surface area contributed by atoms with E-state index in [0.717, 1.165) is 5.56 Å². The molecule has 30 heavy (non-hydrogen) atoms. The number of aryl methyl sites for hydroxylation is 1. The molecule has 0 aliphatic carbocycles. The fraction of sp³-hybridized carbons (Fsp3) is 0.227. The number of carbonyl (C=O) groups is 2. The molecule has 8 heteroatoms. The highest BCUT2D eigenvalue weighted by atomic mass is 16.5. The van der Waals surface area contributed by atoms with E-state index in [0.29, 0.717) is 34.1 Å².